The molecule has 1 unspecified atom stereocenters. The molecule has 2 heteroatoms. The molecule has 0 heterocycles. The van der Waals surface area contributed by atoms with E-state index in [4.69, 9.17) is 0 Å². The van der Waals surface area contributed by atoms with Gasteiger partial charge in [0, 0.05) is 0 Å². The van der Waals surface area contributed by atoms with Crippen LogP contribution in [0.2, 0.25) is 0 Å². The smallest absolute Gasteiger partial charge is 0.106 e. The van der Waals surface area contributed by atoms with Crippen molar-refractivity contribution in [3.05, 3.63) is 45.6 Å². The highest BCUT2D eigenvalue weighted by molar-refractivity contribution is 14.1. The van der Waals surface area contributed by atoms with Gasteiger partial charge in [-0.15, -0.1) is 0 Å². The van der Waals surface area contributed by atoms with Crippen molar-refractivity contribution in [3.63, 3.8) is 0 Å². The number of halogens is 1. The van der Waals surface area contributed by atoms with Gasteiger partial charge in [0.15, 0.2) is 0 Å². The number of hydrogen-bond acceptors (Lipinski definition) is 1. The average molecular weight is 358 g/mol. The van der Waals surface area contributed by atoms with E-state index in [0.29, 0.717) is 0 Å². The zero-order valence-electron chi connectivity index (χ0n) is 11.3. The SMILES string of the molecule is CCCCCC/C(I)=C/C(C)(O)c1ccccc1. The van der Waals surface area contributed by atoms with Gasteiger partial charge in [0.2, 0.25) is 0 Å². The highest BCUT2D eigenvalue weighted by Crippen LogP contribution is 2.27. The quantitative estimate of drug-likeness (QED) is 0.526. The minimum absolute atomic E-state index is 0.859. The third-order valence-corrected chi connectivity index (χ3v) is 3.92. The lowest BCUT2D eigenvalue weighted by Crippen LogP contribution is -2.17. The number of benzene rings is 1. The van der Waals surface area contributed by atoms with E-state index in [9.17, 15) is 5.11 Å². The van der Waals surface area contributed by atoms with E-state index < -0.39 is 5.60 Å². The minimum Gasteiger partial charge on any atom is -0.381 e. The van der Waals surface area contributed by atoms with Crippen LogP contribution in [0.15, 0.2) is 40.0 Å². The van der Waals surface area contributed by atoms with Crippen molar-refractivity contribution in [2.24, 2.45) is 0 Å². The van der Waals surface area contributed by atoms with Crippen LogP contribution in [0.4, 0.5) is 0 Å². The van der Waals surface area contributed by atoms with E-state index in [0.717, 1.165) is 12.0 Å². The molecular formula is C16H23IO. The van der Waals surface area contributed by atoms with E-state index in [2.05, 4.69) is 29.5 Å². The fourth-order valence-electron chi connectivity index (χ4n) is 1.96. The molecule has 1 N–H and O–H groups in total. The van der Waals surface area contributed by atoms with Crippen LogP contribution in [0, 0.1) is 0 Å². The summed E-state index contributed by atoms with van der Waals surface area (Å²) in [6.45, 7) is 4.08. The van der Waals surface area contributed by atoms with Gasteiger partial charge in [-0.1, -0.05) is 56.5 Å². The van der Waals surface area contributed by atoms with Gasteiger partial charge in [0.25, 0.3) is 0 Å². The van der Waals surface area contributed by atoms with Crippen LogP contribution >= 0.6 is 22.6 Å². The molecule has 0 radical (unpaired) electrons. The topological polar surface area (TPSA) is 20.2 Å². The lowest BCUT2D eigenvalue weighted by molar-refractivity contribution is 0.111. The molecule has 0 bridgehead atoms. The zero-order valence-corrected chi connectivity index (χ0v) is 13.5. The number of hydrogen-bond donors (Lipinski definition) is 1. The summed E-state index contributed by atoms with van der Waals surface area (Å²) in [4.78, 5) is 0. The third kappa shape index (κ3) is 5.53. The van der Waals surface area contributed by atoms with Crippen LogP contribution in [0.5, 0.6) is 0 Å². The predicted octanol–water partition coefficient (Wildman–Crippen LogP) is 5.18. The van der Waals surface area contributed by atoms with Gasteiger partial charge in [0.05, 0.1) is 0 Å². The average Bonchev–Trinajstić information content (AvgIpc) is 2.35. The molecule has 1 aromatic carbocycles. The summed E-state index contributed by atoms with van der Waals surface area (Å²) >= 11 is 2.35. The van der Waals surface area contributed by atoms with Crippen molar-refractivity contribution in [1.29, 1.82) is 0 Å². The molecule has 1 rings (SSSR count). The summed E-state index contributed by atoms with van der Waals surface area (Å²) in [7, 11) is 0. The Morgan fingerprint density at radius 1 is 1.22 bits per heavy atom. The predicted molar refractivity (Wildman–Crippen MR) is 86.9 cm³/mol. The first-order valence-corrected chi connectivity index (χ1v) is 7.79. The molecule has 0 aromatic heterocycles. The molecule has 18 heavy (non-hydrogen) atoms. The second kappa shape index (κ2) is 7.95. The molecule has 1 aromatic rings. The first kappa shape index (κ1) is 15.7. The van der Waals surface area contributed by atoms with Gasteiger partial charge in [-0.3, -0.25) is 0 Å². The Morgan fingerprint density at radius 2 is 1.89 bits per heavy atom. The van der Waals surface area contributed by atoms with Crippen molar-refractivity contribution in [1.82, 2.24) is 0 Å². The Balaban J connectivity index is 2.57. The standard InChI is InChI=1S/C16H23IO/c1-3-4-5-9-12-15(17)13-16(2,18)14-10-7-6-8-11-14/h6-8,10-11,13,18H,3-5,9,12H2,1-2H3/b15-13-. The van der Waals surface area contributed by atoms with Crippen LogP contribution < -0.4 is 0 Å². The zero-order chi connectivity index (χ0) is 13.4. The Bertz CT molecular complexity index is 368. The number of aliphatic hydroxyl groups is 1. The molecule has 100 valence electrons. The largest absolute Gasteiger partial charge is 0.381 e. The highest BCUT2D eigenvalue weighted by atomic mass is 127. The maximum absolute atomic E-state index is 10.5. The molecule has 0 saturated heterocycles. The molecule has 0 aliphatic carbocycles. The minimum atomic E-state index is -0.859. The van der Waals surface area contributed by atoms with Crippen molar-refractivity contribution >= 4 is 22.6 Å². The monoisotopic (exact) mass is 358 g/mol. The van der Waals surface area contributed by atoms with E-state index in [1.54, 1.807) is 0 Å². The molecule has 0 fully saturated rings. The molecule has 0 saturated carbocycles. The molecule has 0 spiro atoms. The molecule has 1 nitrogen and oxygen atoms in total. The lowest BCUT2D eigenvalue weighted by atomic mass is 9.95. The normalized spacial score (nSPS) is 15.4. The van der Waals surface area contributed by atoms with Crippen LogP contribution in [0.3, 0.4) is 0 Å². The van der Waals surface area contributed by atoms with E-state index in [-0.39, 0.29) is 0 Å². The van der Waals surface area contributed by atoms with Crippen molar-refractivity contribution in [2.45, 2.75) is 51.6 Å². The first-order chi connectivity index (χ1) is 8.56. The maximum atomic E-state index is 10.5. The Hall–Kier alpha value is -0.350. The lowest BCUT2D eigenvalue weighted by Gasteiger charge is -2.20. The summed E-state index contributed by atoms with van der Waals surface area (Å²) < 4.78 is 1.25. The van der Waals surface area contributed by atoms with Crippen LogP contribution in [0.25, 0.3) is 0 Å². The first-order valence-electron chi connectivity index (χ1n) is 6.71. The van der Waals surface area contributed by atoms with Crippen molar-refractivity contribution in [3.8, 4) is 0 Å². The second-order valence-corrected chi connectivity index (χ2v) is 6.30. The van der Waals surface area contributed by atoms with Gasteiger partial charge in [-0.2, -0.15) is 0 Å². The number of allylic oxidation sites excluding steroid dienone is 1. The Labute approximate surface area is 124 Å². The molecule has 0 aliphatic heterocycles. The summed E-state index contributed by atoms with van der Waals surface area (Å²) in [5.41, 5.74) is 0.0930. The second-order valence-electron chi connectivity index (χ2n) is 4.92. The van der Waals surface area contributed by atoms with Crippen LogP contribution in [-0.2, 0) is 5.60 Å². The summed E-state index contributed by atoms with van der Waals surface area (Å²) in [6.07, 6.45) is 8.12. The van der Waals surface area contributed by atoms with E-state index in [1.807, 2.05) is 43.3 Å². The molecule has 0 amide bonds. The van der Waals surface area contributed by atoms with Gasteiger partial charge < -0.3 is 5.11 Å². The van der Waals surface area contributed by atoms with Gasteiger partial charge in [-0.05, 0) is 57.6 Å². The summed E-state index contributed by atoms with van der Waals surface area (Å²) in [6, 6.07) is 9.84. The number of rotatable bonds is 7. The molecule has 0 aliphatic rings. The van der Waals surface area contributed by atoms with Gasteiger partial charge >= 0.3 is 0 Å². The van der Waals surface area contributed by atoms with Gasteiger partial charge in [0.1, 0.15) is 5.60 Å². The maximum Gasteiger partial charge on any atom is 0.106 e. The fraction of sp³-hybridized carbons (Fsp3) is 0.500. The van der Waals surface area contributed by atoms with Crippen molar-refractivity contribution < 1.29 is 5.11 Å². The number of unbranched alkanes of at least 4 members (excludes halogenated alkanes) is 3. The third-order valence-electron chi connectivity index (χ3n) is 3.07. The highest BCUT2D eigenvalue weighted by Gasteiger charge is 2.19. The van der Waals surface area contributed by atoms with E-state index >= 15 is 0 Å². The fourth-order valence-corrected chi connectivity index (χ4v) is 2.94. The van der Waals surface area contributed by atoms with Gasteiger partial charge in [-0.25, -0.2) is 0 Å². The van der Waals surface area contributed by atoms with E-state index in [1.165, 1.54) is 29.3 Å². The van der Waals surface area contributed by atoms with Crippen molar-refractivity contribution in [2.75, 3.05) is 0 Å². The molecule has 1 atom stereocenters. The Kier molecular flexibility index (Phi) is 6.94. The summed E-state index contributed by atoms with van der Waals surface area (Å²) in [5.74, 6) is 0. The molecular weight excluding hydrogens is 335 g/mol. The Morgan fingerprint density at radius 3 is 2.50 bits per heavy atom. The van der Waals surface area contributed by atoms with Crippen LogP contribution in [0.1, 0.15) is 51.5 Å². The summed E-state index contributed by atoms with van der Waals surface area (Å²) in [5, 5.41) is 10.5. The van der Waals surface area contributed by atoms with Crippen LogP contribution in [-0.4, -0.2) is 5.11 Å².